The second kappa shape index (κ2) is 7.22. The minimum atomic E-state index is 0.325. The van der Waals surface area contributed by atoms with Gasteiger partial charge in [0.15, 0.2) is 5.82 Å². The molecule has 0 bridgehead atoms. The Morgan fingerprint density at radius 1 is 1.29 bits per heavy atom. The van der Waals surface area contributed by atoms with Crippen molar-refractivity contribution in [2.45, 2.75) is 20.1 Å². The summed E-state index contributed by atoms with van der Waals surface area (Å²) in [7, 11) is 3.60. The minimum absolute atomic E-state index is 0.325. The van der Waals surface area contributed by atoms with Gasteiger partial charge in [-0.25, -0.2) is 9.97 Å². The molecule has 0 aliphatic rings. The van der Waals surface area contributed by atoms with E-state index in [1.165, 1.54) is 0 Å². The summed E-state index contributed by atoms with van der Waals surface area (Å²) in [5.41, 5.74) is 0.785. The smallest absolute Gasteiger partial charge is 0.259 e. The lowest BCUT2D eigenvalue weighted by Gasteiger charge is -2.18. The summed E-state index contributed by atoms with van der Waals surface area (Å²) < 4.78 is 12.3. The Hall–Kier alpha value is -2.74. The number of aromatic nitrogens is 5. The van der Waals surface area contributed by atoms with E-state index >= 15 is 0 Å². The average molecular weight is 328 g/mol. The Morgan fingerprint density at radius 2 is 2.17 bits per heavy atom. The highest BCUT2D eigenvalue weighted by Gasteiger charge is 2.10. The van der Waals surface area contributed by atoms with Crippen LogP contribution in [0.1, 0.15) is 11.6 Å². The van der Waals surface area contributed by atoms with Gasteiger partial charge in [0.25, 0.3) is 5.89 Å². The van der Waals surface area contributed by atoms with Crippen molar-refractivity contribution in [3.63, 3.8) is 0 Å². The molecule has 3 rings (SSSR count). The normalized spacial score (nSPS) is 11.0. The van der Waals surface area contributed by atoms with Crippen molar-refractivity contribution >= 4 is 5.82 Å². The molecule has 0 fully saturated rings. The fourth-order valence-electron chi connectivity index (χ4n) is 2.31. The van der Waals surface area contributed by atoms with E-state index in [0.29, 0.717) is 18.3 Å². The number of pyridine rings is 1. The first-order valence-electron chi connectivity index (χ1n) is 7.64. The first kappa shape index (κ1) is 16.1. The van der Waals surface area contributed by atoms with Crippen LogP contribution >= 0.6 is 0 Å². The van der Waals surface area contributed by atoms with Crippen LogP contribution in [0.5, 0.6) is 0 Å². The third-order valence-corrected chi connectivity index (χ3v) is 3.73. The molecule has 0 aliphatic heterocycles. The molecule has 8 heteroatoms. The maximum atomic E-state index is 5.21. The van der Waals surface area contributed by atoms with Crippen LogP contribution < -0.4 is 4.90 Å². The largest absolute Gasteiger partial charge is 0.377 e. The number of imidazole rings is 1. The zero-order valence-electron chi connectivity index (χ0n) is 14.0. The van der Waals surface area contributed by atoms with Crippen LogP contribution in [0.15, 0.2) is 35.2 Å². The number of ether oxygens (including phenoxy) is 1. The van der Waals surface area contributed by atoms with Gasteiger partial charge in [-0.05, 0) is 19.1 Å². The van der Waals surface area contributed by atoms with Gasteiger partial charge in [-0.2, -0.15) is 4.98 Å². The third-order valence-electron chi connectivity index (χ3n) is 3.73. The molecule has 0 atom stereocenters. The molecule has 8 nitrogen and oxygen atoms in total. The molecular formula is C16H20N6O2. The summed E-state index contributed by atoms with van der Waals surface area (Å²) in [4.78, 5) is 15.0. The first-order chi connectivity index (χ1) is 11.7. The zero-order valence-corrected chi connectivity index (χ0v) is 14.0. The van der Waals surface area contributed by atoms with E-state index < -0.39 is 0 Å². The number of anilines is 1. The number of aryl methyl sites for hydroxylation is 1. The summed E-state index contributed by atoms with van der Waals surface area (Å²) in [5.74, 6) is 2.85. The van der Waals surface area contributed by atoms with Gasteiger partial charge in [0.2, 0.25) is 0 Å². The third kappa shape index (κ3) is 3.60. The lowest BCUT2D eigenvalue weighted by Crippen LogP contribution is -2.23. The molecule has 0 spiro atoms. The highest BCUT2D eigenvalue weighted by Crippen LogP contribution is 2.19. The van der Waals surface area contributed by atoms with Crippen molar-refractivity contribution in [2.75, 3.05) is 25.6 Å². The molecule has 0 radical (unpaired) electrons. The lowest BCUT2D eigenvalue weighted by molar-refractivity contribution is 0.174. The summed E-state index contributed by atoms with van der Waals surface area (Å²) >= 11 is 0. The van der Waals surface area contributed by atoms with Crippen LogP contribution in [-0.4, -0.2) is 45.4 Å². The van der Waals surface area contributed by atoms with Crippen LogP contribution in [0.3, 0.4) is 0 Å². The predicted octanol–water partition coefficient (Wildman–Crippen LogP) is 1.92. The Bertz CT molecular complexity index is 780. The standard InChI is InChI=1S/C16H20N6O2/c1-12-17-6-7-22(12)9-8-21(2)15-5-4-13(10-18-15)16-19-14(11-23-3)20-24-16/h4-7,10H,8-9,11H2,1-3H3. The summed E-state index contributed by atoms with van der Waals surface area (Å²) in [6.07, 6.45) is 5.52. The molecule has 0 amide bonds. The molecule has 24 heavy (non-hydrogen) atoms. The maximum absolute atomic E-state index is 5.21. The van der Waals surface area contributed by atoms with Gasteiger partial charge in [0.1, 0.15) is 18.2 Å². The van der Waals surface area contributed by atoms with Gasteiger partial charge in [-0.3, -0.25) is 0 Å². The van der Waals surface area contributed by atoms with Crippen molar-refractivity contribution in [2.24, 2.45) is 0 Å². The molecular weight excluding hydrogens is 308 g/mol. The Balaban J connectivity index is 1.63. The Kier molecular flexibility index (Phi) is 4.85. The number of likely N-dealkylation sites (N-methyl/N-ethyl adjacent to an activating group) is 1. The fourth-order valence-corrected chi connectivity index (χ4v) is 2.31. The highest BCUT2D eigenvalue weighted by molar-refractivity contribution is 5.54. The fraction of sp³-hybridized carbons (Fsp3) is 0.375. The van der Waals surface area contributed by atoms with E-state index in [1.807, 2.05) is 38.5 Å². The van der Waals surface area contributed by atoms with Crippen molar-refractivity contribution in [3.8, 4) is 11.5 Å². The van der Waals surface area contributed by atoms with Crippen LogP contribution in [-0.2, 0) is 17.9 Å². The molecule has 3 aromatic heterocycles. The molecule has 3 heterocycles. The van der Waals surface area contributed by atoms with Gasteiger partial charge < -0.3 is 18.7 Å². The first-order valence-corrected chi connectivity index (χ1v) is 7.64. The molecule has 0 unspecified atom stereocenters. The summed E-state index contributed by atoms with van der Waals surface area (Å²) in [5, 5.41) is 3.85. The summed E-state index contributed by atoms with van der Waals surface area (Å²) in [6.45, 7) is 4.01. The van der Waals surface area contributed by atoms with Gasteiger partial charge in [0.05, 0.1) is 5.56 Å². The number of nitrogens with zero attached hydrogens (tertiary/aromatic N) is 6. The monoisotopic (exact) mass is 328 g/mol. The van der Waals surface area contributed by atoms with Gasteiger partial charge in [-0.1, -0.05) is 5.16 Å². The van der Waals surface area contributed by atoms with E-state index in [1.54, 1.807) is 13.3 Å². The van der Waals surface area contributed by atoms with Gasteiger partial charge in [0, 0.05) is 45.8 Å². The maximum Gasteiger partial charge on any atom is 0.259 e. The van der Waals surface area contributed by atoms with Crippen molar-refractivity contribution < 1.29 is 9.26 Å². The topological polar surface area (TPSA) is 82.1 Å². The predicted molar refractivity (Wildman–Crippen MR) is 88.5 cm³/mol. The molecule has 0 N–H and O–H groups in total. The minimum Gasteiger partial charge on any atom is -0.377 e. The molecule has 126 valence electrons. The SMILES string of the molecule is COCc1noc(-c2ccc(N(C)CCn3ccnc3C)nc2)n1. The van der Waals surface area contributed by atoms with E-state index in [-0.39, 0.29) is 0 Å². The van der Waals surface area contributed by atoms with Crippen LogP contribution in [0, 0.1) is 6.92 Å². The second-order valence-corrected chi connectivity index (χ2v) is 5.44. The van der Waals surface area contributed by atoms with Crippen molar-refractivity contribution in [1.29, 1.82) is 0 Å². The number of hydrogen-bond acceptors (Lipinski definition) is 7. The van der Waals surface area contributed by atoms with E-state index in [9.17, 15) is 0 Å². The number of methoxy groups -OCH3 is 1. The highest BCUT2D eigenvalue weighted by atomic mass is 16.5. The van der Waals surface area contributed by atoms with Gasteiger partial charge >= 0.3 is 0 Å². The van der Waals surface area contributed by atoms with Crippen molar-refractivity contribution in [3.05, 3.63) is 42.4 Å². The Morgan fingerprint density at radius 3 is 2.83 bits per heavy atom. The molecule has 3 aromatic rings. The average Bonchev–Trinajstić information content (AvgIpc) is 3.22. The second-order valence-electron chi connectivity index (χ2n) is 5.44. The van der Waals surface area contributed by atoms with Crippen LogP contribution in [0.25, 0.3) is 11.5 Å². The lowest BCUT2D eigenvalue weighted by atomic mass is 10.3. The molecule has 0 aliphatic carbocycles. The van der Waals surface area contributed by atoms with E-state index in [2.05, 4.69) is 29.6 Å². The van der Waals surface area contributed by atoms with Crippen LogP contribution in [0.4, 0.5) is 5.82 Å². The van der Waals surface area contributed by atoms with E-state index in [0.717, 1.165) is 30.3 Å². The molecule has 0 saturated heterocycles. The van der Waals surface area contributed by atoms with Gasteiger partial charge in [-0.15, -0.1) is 0 Å². The quantitative estimate of drug-likeness (QED) is 0.655. The number of hydrogen-bond donors (Lipinski definition) is 0. The Labute approximate surface area is 140 Å². The molecule has 0 aromatic carbocycles. The molecule has 0 saturated carbocycles. The zero-order chi connectivity index (χ0) is 16.9. The number of rotatable bonds is 7. The summed E-state index contributed by atoms with van der Waals surface area (Å²) in [6, 6.07) is 3.86. The van der Waals surface area contributed by atoms with Crippen molar-refractivity contribution in [1.82, 2.24) is 24.7 Å². The van der Waals surface area contributed by atoms with E-state index in [4.69, 9.17) is 9.26 Å². The van der Waals surface area contributed by atoms with Crippen LogP contribution in [0.2, 0.25) is 0 Å².